The van der Waals surface area contributed by atoms with Crippen molar-refractivity contribution >= 4 is 0 Å². The Balaban J connectivity index is 0.979. The average Bonchev–Trinajstić information content (AvgIpc) is 2.73. The summed E-state index contributed by atoms with van der Waals surface area (Å²) in [5.41, 5.74) is 3.08. The Morgan fingerprint density at radius 1 is 0.593 bits per heavy atom. The Morgan fingerprint density at radius 3 is 1.59 bits per heavy atom. The van der Waals surface area contributed by atoms with Gasteiger partial charge in [0.05, 0.1) is 0 Å². The minimum absolute atomic E-state index is 1.01. The SMILES string of the molecule is CC1C2C3CC4C1C2C34C(CC12C3C4C5C3C1C5C42)C12C3C4C5C3C1C5C42. The van der Waals surface area contributed by atoms with Crippen LogP contribution in [0.1, 0.15) is 19.8 Å². The topological polar surface area (TPSA) is 0 Å². The van der Waals surface area contributed by atoms with Crippen LogP contribution in [-0.2, 0) is 0 Å². The molecule has 0 aliphatic heterocycles. The number of hydrogen-bond acceptors (Lipinski definition) is 0. The van der Waals surface area contributed by atoms with Crippen LogP contribution >= 0.6 is 0 Å². The standard InChI is InChI=1S/C27H28/c1-4-8-5-2-6-9(4)21(8)26(5,6)7(27-22-15-11-16(22)24(27)17(11)23(15)27)3-25-18-12-10-13(18)20(25)14(10)19(12)25/h4-24H,2-3H2,1H3. The Hall–Kier alpha value is 0. The molecule has 0 nitrogen and oxygen atoms in total. The highest BCUT2D eigenvalue weighted by Gasteiger charge is 3.09. The molecule has 16 aliphatic rings. The second-order valence-corrected chi connectivity index (χ2v) is 15.6. The number of rotatable bonds is 4. The maximum absolute atomic E-state index is 2.66. The van der Waals surface area contributed by atoms with E-state index in [1.54, 1.807) is 6.42 Å². The molecule has 16 rings (SSSR count). The third kappa shape index (κ3) is 0.512. The van der Waals surface area contributed by atoms with Crippen LogP contribution in [-0.4, -0.2) is 0 Å². The monoisotopic (exact) mass is 352 g/mol. The van der Waals surface area contributed by atoms with Crippen LogP contribution in [0.2, 0.25) is 0 Å². The Morgan fingerprint density at radius 2 is 1.07 bits per heavy atom. The second-order valence-electron chi connectivity index (χ2n) is 15.6. The fourth-order valence-electron chi connectivity index (χ4n) is 19.1. The molecule has 27 heavy (non-hydrogen) atoms. The van der Waals surface area contributed by atoms with Gasteiger partial charge in [0, 0.05) is 0 Å². The predicted molar refractivity (Wildman–Crippen MR) is 95.5 cm³/mol. The molecule has 0 N–H and O–H groups in total. The first-order valence-electron chi connectivity index (χ1n) is 13.3. The summed E-state index contributed by atoms with van der Waals surface area (Å²) in [7, 11) is 0. The lowest BCUT2D eigenvalue weighted by atomic mass is 8.92. The van der Waals surface area contributed by atoms with Crippen molar-refractivity contribution in [2.24, 2.45) is 141 Å². The van der Waals surface area contributed by atoms with Gasteiger partial charge < -0.3 is 0 Å². The van der Waals surface area contributed by atoms with Gasteiger partial charge in [-0.05, 0) is 153 Å². The fraction of sp³-hybridized carbons (Fsp3) is 1.00. The highest BCUT2D eigenvalue weighted by molar-refractivity contribution is 5.55. The molecular formula is C27H28. The van der Waals surface area contributed by atoms with Crippen molar-refractivity contribution < 1.29 is 0 Å². The van der Waals surface area contributed by atoms with Crippen molar-refractivity contribution in [1.82, 2.24) is 0 Å². The normalized spacial score (nSPS) is 105. The first-order chi connectivity index (χ1) is 13.3. The third-order valence-electron chi connectivity index (χ3n) is 18.3. The highest BCUT2D eigenvalue weighted by atomic mass is 15.1. The van der Waals surface area contributed by atoms with Gasteiger partial charge in [-0.1, -0.05) is 6.92 Å². The zero-order chi connectivity index (χ0) is 16.0. The summed E-state index contributed by atoms with van der Waals surface area (Å²) in [5.74, 6) is 27.4. The minimum Gasteiger partial charge on any atom is -0.0619 e. The van der Waals surface area contributed by atoms with E-state index in [9.17, 15) is 0 Å². The van der Waals surface area contributed by atoms with Crippen LogP contribution in [0.25, 0.3) is 0 Å². The Labute approximate surface area is 160 Å². The average molecular weight is 353 g/mol. The van der Waals surface area contributed by atoms with Crippen LogP contribution in [0.3, 0.4) is 0 Å². The van der Waals surface area contributed by atoms with E-state index in [-0.39, 0.29) is 0 Å². The number of hydrogen-bond donors (Lipinski definition) is 0. The van der Waals surface area contributed by atoms with E-state index in [0.717, 1.165) is 22.2 Å². The fourth-order valence-corrected chi connectivity index (χ4v) is 19.1. The molecule has 0 aromatic heterocycles. The van der Waals surface area contributed by atoms with E-state index in [1.807, 2.05) is 6.42 Å². The molecule has 5 unspecified atom stereocenters. The smallest absolute Gasteiger partial charge is 0.0161 e. The third-order valence-corrected chi connectivity index (χ3v) is 18.3. The van der Waals surface area contributed by atoms with Crippen molar-refractivity contribution in [2.75, 3.05) is 0 Å². The first-order valence-corrected chi connectivity index (χ1v) is 13.3. The van der Waals surface area contributed by atoms with Crippen molar-refractivity contribution in [1.29, 1.82) is 0 Å². The summed E-state index contributed by atoms with van der Waals surface area (Å²) in [6.07, 6.45) is 3.57. The van der Waals surface area contributed by atoms with E-state index < -0.39 is 0 Å². The van der Waals surface area contributed by atoms with Crippen LogP contribution in [0, 0.1) is 141 Å². The molecule has 16 fully saturated rings. The van der Waals surface area contributed by atoms with Gasteiger partial charge in [0.2, 0.25) is 0 Å². The molecule has 0 heterocycles. The molecule has 0 aromatic rings. The zero-order valence-electron chi connectivity index (χ0n) is 16.0. The summed E-state index contributed by atoms with van der Waals surface area (Å²) in [5, 5.41) is 0. The van der Waals surface area contributed by atoms with Crippen molar-refractivity contribution in [3.05, 3.63) is 0 Å². The van der Waals surface area contributed by atoms with Gasteiger partial charge in [-0.2, -0.15) is 0 Å². The van der Waals surface area contributed by atoms with E-state index in [4.69, 9.17) is 0 Å². The molecule has 5 atom stereocenters. The molecule has 136 valence electrons. The molecule has 0 amide bonds. The van der Waals surface area contributed by atoms with Gasteiger partial charge in [-0.3, -0.25) is 0 Å². The van der Waals surface area contributed by atoms with Crippen molar-refractivity contribution in [3.8, 4) is 0 Å². The molecule has 16 saturated carbocycles. The molecule has 16 aliphatic carbocycles. The summed E-state index contributed by atoms with van der Waals surface area (Å²) in [4.78, 5) is 0. The zero-order valence-corrected chi connectivity index (χ0v) is 16.0. The van der Waals surface area contributed by atoms with Gasteiger partial charge >= 0.3 is 0 Å². The first kappa shape index (κ1) is 11.4. The van der Waals surface area contributed by atoms with Gasteiger partial charge in [-0.15, -0.1) is 0 Å². The summed E-state index contributed by atoms with van der Waals surface area (Å²) >= 11 is 0. The largest absolute Gasteiger partial charge is 0.0619 e. The molecule has 0 aromatic carbocycles. The molecular weight excluding hydrogens is 324 g/mol. The molecule has 0 bridgehead atoms. The van der Waals surface area contributed by atoms with Gasteiger partial charge in [0.25, 0.3) is 0 Å². The lowest BCUT2D eigenvalue weighted by Crippen LogP contribution is -3.09. The quantitative estimate of drug-likeness (QED) is 0.720. The Kier molecular flexibility index (Phi) is 0.997. The minimum atomic E-state index is 1.01. The summed E-state index contributed by atoms with van der Waals surface area (Å²) < 4.78 is 0. The molecule has 0 saturated heterocycles. The van der Waals surface area contributed by atoms with Crippen LogP contribution in [0.4, 0.5) is 0 Å². The van der Waals surface area contributed by atoms with Crippen molar-refractivity contribution in [2.45, 2.75) is 19.8 Å². The van der Waals surface area contributed by atoms with Crippen molar-refractivity contribution in [3.63, 3.8) is 0 Å². The molecule has 0 spiro atoms. The lowest BCUT2D eigenvalue weighted by molar-refractivity contribution is -0.661. The maximum Gasteiger partial charge on any atom is -0.0161 e. The van der Waals surface area contributed by atoms with Crippen LogP contribution < -0.4 is 0 Å². The summed E-state index contributed by atoms with van der Waals surface area (Å²) in [6.45, 7) is 2.66. The van der Waals surface area contributed by atoms with Gasteiger partial charge in [0.15, 0.2) is 0 Å². The van der Waals surface area contributed by atoms with E-state index in [2.05, 4.69) is 6.92 Å². The van der Waals surface area contributed by atoms with Gasteiger partial charge in [-0.25, -0.2) is 0 Å². The molecule has 0 radical (unpaired) electrons. The predicted octanol–water partition coefficient (Wildman–Crippen LogP) is 3.88. The lowest BCUT2D eigenvalue weighted by Gasteiger charge is -3.12. The molecule has 0 heteroatoms. The maximum atomic E-state index is 2.66. The number of fused-ring (bicyclic) bond motifs is 2. The Bertz CT molecular complexity index is 915. The summed E-state index contributed by atoms with van der Waals surface area (Å²) in [6, 6.07) is 0. The van der Waals surface area contributed by atoms with Crippen LogP contribution in [0.15, 0.2) is 0 Å². The van der Waals surface area contributed by atoms with Crippen LogP contribution in [0.5, 0.6) is 0 Å². The van der Waals surface area contributed by atoms with E-state index >= 15 is 0 Å². The van der Waals surface area contributed by atoms with E-state index in [1.165, 1.54) is 118 Å². The second kappa shape index (κ2) is 2.36. The van der Waals surface area contributed by atoms with E-state index in [0.29, 0.717) is 0 Å². The highest BCUT2D eigenvalue weighted by Crippen LogP contribution is 3.12. The van der Waals surface area contributed by atoms with Gasteiger partial charge in [0.1, 0.15) is 0 Å².